The molecule has 122 valence electrons. The van der Waals surface area contributed by atoms with E-state index in [1.165, 1.54) is 36.8 Å². The molecule has 4 rings (SSSR count). The first kappa shape index (κ1) is 15.6. The highest BCUT2D eigenvalue weighted by Crippen LogP contribution is 2.30. The fourth-order valence-electron chi connectivity index (χ4n) is 3.71. The second-order valence-corrected chi connectivity index (χ2v) is 7.35. The molecule has 1 aromatic heterocycles. The lowest BCUT2D eigenvalue weighted by Gasteiger charge is -2.20. The van der Waals surface area contributed by atoms with Crippen LogP contribution in [0.15, 0.2) is 46.9 Å². The number of rotatable bonds is 3. The topological polar surface area (TPSA) is 22.1 Å². The molecule has 0 bridgehead atoms. The lowest BCUT2D eigenvalue weighted by atomic mass is 9.86. The van der Waals surface area contributed by atoms with E-state index >= 15 is 0 Å². The van der Waals surface area contributed by atoms with E-state index in [9.17, 15) is 0 Å². The third-order valence-corrected chi connectivity index (χ3v) is 5.38. The average Bonchev–Trinajstić information content (AvgIpc) is 2.61. The molecular formula is C21H20BrNO. The van der Waals surface area contributed by atoms with Gasteiger partial charge in [-0.15, -0.1) is 0 Å². The van der Waals surface area contributed by atoms with Crippen molar-refractivity contribution in [2.45, 2.75) is 32.1 Å². The number of hydrogen-bond acceptors (Lipinski definition) is 2. The molecule has 0 N–H and O–H groups in total. The minimum atomic E-state index is 0.734. The number of hydrogen-bond donors (Lipinski definition) is 0. The molecule has 1 aliphatic rings. The molecule has 0 amide bonds. The average molecular weight is 382 g/mol. The van der Waals surface area contributed by atoms with Crippen LogP contribution in [0.25, 0.3) is 10.9 Å². The van der Waals surface area contributed by atoms with Crippen LogP contribution in [0.4, 0.5) is 0 Å². The first-order valence-corrected chi connectivity index (χ1v) is 9.27. The molecule has 1 heterocycles. The van der Waals surface area contributed by atoms with Gasteiger partial charge >= 0.3 is 0 Å². The van der Waals surface area contributed by atoms with E-state index in [1.807, 2.05) is 12.1 Å². The largest absolute Gasteiger partial charge is 0.481 e. The number of aryl methyl sites for hydroxylation is 1. The van der Waals surface area contributed by atoms with Crippen LogP contribution in [0.1, 0.15) is 35.1 Å². The number of aromatic nitrogens is 1. The van der Waals surface area contributed by atoms with Crippen molar-refractivity contribution in [2.24, 2.45) is 0 Å². The second kappa shape index (κ2) is 6.56. The Morgan fingerprint density at radius 3 is 2.79 bits per heavy atom. The maximum Gasteiger partial charge on any atom is 0.217 e. The zero-order chi connectivity index (χ0) is 16.5. The van der Waals surface area contributed by atoms with Crippen molar-refractivity contribution in [2.75, 3.05) is 7.11 Å². The van der Waals surface area contributed by atoms with Crippen molar-refractivity contribution in [1.82, 2.24) is 4.98 Å². The Kier molecular flexibility index (Phi) is 4.28. The van der Waals surface area contributed by atoms with Gasteiger partial charge in [0.2, 0.25) is 5.88 Å². The normalized spacial score (nSPS) is 13.8. The van der Waals surface area contributed by atoms with Gasteiger partial charge in [0.25, 0.3) is 0 Å². The number of ether oxygens (including phenoxy) is 1. The Balaban J connectivity index is 1.79. The van der Waals surface area contributed by atoms with Gasteiger partial charge < -0.3 is 4.74 Å². The first-order chi connectivity index (χ1) is 11.7. The van der Waals surface area contributed by atoms with Gasteiger partial charge in [-0.2, -0.15) is 0 Å². The van der Waals surface area contributed by atoms with Crippen molar-refractivity contribution in [3.05, 3.63) is 69.2 Å². The lowest BCUT2D eigenvalue weighted by molar-refractivity contribution is 0.395. The molecular weight excluding hydrogens is 362 g/mol. The van der Waals surface area contributed by atoms with Gasteiger partial charge in [-0.05, 0) is 66.6 Å². The molecule has 24 heavy (non-hydrogen) atoms. The Morgan fingerprint density at radius 1 is 1.04 bits per heavy atom. The molecule has 0 unspecified atom stereocenters. The highest BCUT2D eigenvalue weighted by molar-refractivity contribution is 9.10. The first-order valence-electron chi connectivity index (χ1n) is 8.47. The third kappa shape index (κ3) is 2.93. The highest BCUT2D eigenvalue weighted by Gasteiger charge is 2.15. The van der Waals surface area contributed by atoms with E-state index in [2.05, 4.69) is 46.3 Å². The molecule has 0 aliphatic heterocycles. The van der Waals surface area contributed by atoms with Gasteiger partial charge in [0.15, 0.2) is 0 Å². The summed E-state index contributed by atoms with van der Waals surface area (Å²) in [4.78, 5) is 4.70. The lowest BCUT2D eigenvalue weighted by Crippen LogP contribution is -2.07. The van der Waals surface area contributed by atoms with Crippen LogP contribution >= 0.6 is 15.9 Å². The van der Waals surface area contributed by atoms with Crippen LogP contribution in [0.2, 0.25) is 0 Å². The quantitative estimate of drug-likeness (QED) is 0.599. The smallest absolute Gasteiger partial charge is 0.217 e. The summed E-state index contributed by atoms with van der Waals surface area (Å²) < 4.78 is 6.65. The number of nitrogens with zero attached hydrogens (tertiary/aromatic N) is 1. The Labute approximate surface area is 151 Å². The number of fused-ring (bicyclic) bond motifs is 2. The Morgan fingerprint density at radius 2 is 1.92 bits per heavy atom. The Bertz CT molecular complexity index is 904. The molecule has 0 atom stereocenters. The number of halogens is 1. The van der Waals surface area contributed by atoms with Gasteiger partial charge in [0.05, 0.1) is 12.6 Å². The van der Waals surface area contributed by atoms with Crippen molar-refractivity contribution in [3.63, 3.8) is 0 Å². The van der Waals surface area contributed by atoms with Crippen LogP contribution < -0.4 is 4.74 Å². The minimum absolute atomic E-state index is 0.734. The SMILES string of the molecule is COc1nc2ccc(Br)cc2cc1Cc1cccc2c1CCCC2. The molecule has 2 nitrogen and oxygen atoms in total. The molecule has 0 spiro atoms. The molecule has 0 saturated carbocycles. The van der Waals surface area contributed by atoms with Crippen LogP contribution in [0.5, 0.6) is 5.88 Å². The van der Waals surface area contributed by atoms with Crippen LogP contribution in [-0.2, 0) is 19.3 Å². The summed E-state index contributed by atoms with van der Waals surface area (Å²) in [7, 11) is 1.71. The highest BCUT2D eigenvalue weighted by atomic mass is 79.9. The van der Waals surface area contributed by atoms with Gasteiger partial charge in [0.1, 0.15) is 0 Å². The summed E-state index contributed by atoms with van der Waals surface area (Å²) in [5, 5.41) is 1.14. The predicted molar refractivity (Wildman–Crippen MR) is 102 cm³/mol. The third-order valence-electron chi connectivity index (χ3n) is 4.88. The molecule has 3 aromatic rings. The number of benzene rings is 2. The van der Waals surface area contributed by atoms with E-state index in [4.69, 9.17) is 9.72 Å². The minimum Gasteiger partial charge on any atom is -0.481 e. The summed E-state index contributed by atoms with van der Waals surface area (Å²) in [6.07, 6.45) is 5.89. The Hall–Kier alpha value is -1.87. The van der Waals surface area contributed by atoms with Crippen molar-refractivity contribution >= 4 is 26.8 Å². The standard InChI is InChI=1S/C21H20BrNO/c1-24-21-17(12-16-13-18(22)9-10-20(16)23-21)11-15-7-4-6-14-5-2-3-8-19(14)15/h4,6-7,9-10,12-13H,2-3,5,8,11H2,1H3. The fraction of sp³-hybridized carbons (Fsp3) is 0.286. The fourth-order valence-corrected chi connectivity index (χ4v) is 4.09. The number of pyridine rings is 1. The zero-order valence-electron chi connectivity index (χ0n) is 13.8. The summed E-state index contributed by atoms with van der Waals surface area (Å²) in [5.41, 5.74) is 6.60. The summed E-state index contributed by atoms with van der Waals surface area (Å²) in [5.74, 6) is 0.734. The molecule has 0 radical (unpaired) electrons. The van der Waals surface area contributed by atoms with Gasteiger partial charge in [0, 0.05) is 21.8 Å². The van der Waals surface area contributed by atoms with Gasteiger partial charge in [-0.3, -0.25) is 0 Å². The van der Waals surface area contributed by atoms with Gasteiger partial charge in [-0.25, -0.2) is 4.98 Å². The number of methoxy groups -OCH3 is 1. The molecule has 3 heteroatoms. The van der Waals surface area contributed by atoms with Crippen molar-refractivity contribution in [3.8, 4) is 5.88 Å². The molecule has 2 aromatic carbocycles. The van der Waals surface area contributed by atoms with Crippen molar-refractivity contribution < 1.29 is 4.74 Å². The van der Waals surface area contributed by atoms with E-state index in [0.717, 1.165) is 33.2 Å². The van der Waals surface area contributed by atoms with Crippen LogP contribution in [0.3, 0.4) is 0 Å². The summed E-state index contributed by atoms with van der Waals surface area (Å²) >= 11 is 3.55. The monoisotopic (exact) mass is 381 g/mol. The van der Waals surface area contributed by atoms with E-state index in [1.54, 1.807) is 12.7 Å². The maximum absolute atomic E-state index is 5.58. The molecule has 1 aliphatic carbocycles. The maximum atomic E-state index is 5.58. The predicted octanol–water partition coefficient (Wildman–Crippen LogP) is 5.48. The molecule has 0 saturated heterocycles. The second-order valence-electron chi connectivity index (χ2n) is 6.43. The van der Waals surface area contributed by atoms with Crippen molar-refractivity contribution in [1.29, 1.82) is 0 Å². The van der Waals surface area contributed by atoms with Gasteiger partial charge in [-0.1, -0.05) is 34.1 Å². The summed E-state index contributed by atoms with van der Waals surface area (Å²) in [6.45, 7) is 0. The summed E-state index contributed by atoms with van der Waals surface area (Å²) in [6, 6.07) is 15.1. The van der Waals surface area contributed by atoms with E-state index in [-0.39, 0.29) is 0 Å². The van der Waals surface area contributed by atoms with E-state index in [0.29, 0.717) is 0 Å². The van der Waals surface area contributed by atoms with E-state index < -0.39 is 0 Å². The molecule has 0 fully saturated rings. The van der Waals surface area contributed by atoms with Crippen LogP contribution in [0, 0.1) is 0 Å². The zero-order valence-corrected chi connectivity index (χ0v) is 15.4. The van der Waals surface area contributed by atoms with Crippen LogP contribution in [-0.4, -0.2) is 12.1 Å².